The minimum absolute atomic E-state index is 0. The second kappa shape index (κ2) is 8.30. The number of amides is 1. The molecule has 0 radical (unpaired) electrons. The number of benzene rings is 1. The molecule has 23 heavy (non-hydrogen) atoms. The maximum absolute atomic E-state index is 12.1. The van der Waals surface area contributed by atoms with Crippen molar-refractivity contribution in [1.29, 1.82) is 0 Å². The Morgan fingerprint density at radius 2 is 1.83 bits per heavy atom. The molecule has 0 unspecified atom stereocenters. The Kier molecular flexibility index (Phi) is 7.29. The second-order valence-electron chi connectivity index (χ2n) is 5.30. The maximum Gasteiger partial charge on any atom is 0.240 e. The summed E-state index contributed by atoms with van der Waals surface area (Å²) in [6, 6.07) is 5.93. The third-order valence-electron chi connectivity index (χ3n) is 3.67. The summed E-state index contributed by atoms with van der Waals surface area (Å²) in [4.78, 5) is 12.3. The Hall–Kier alpha value is -0.860. The van der Waals surface area contributed by atoms with Gasteiger partial charge >= 0.3 is 0 Å². The average molecular weight is 383 g/mol. The molecule has 0 spiro atoms. The minimum Gasteiger partial charge on any atom is -0.381 e. The lowest BCUT2D eigenvalue weighted by atomic mass is 9.90. The molecule has 0 saturated carbocycles. The van der Waals surface area contributed by atoms with Crippen molar-refractivity contribution in [3.05, 3.63) is 29.3 Å². The quantitative estimate of drug-likeness (QED) is 0.795. The summed E-state index contributed by atoms with van der Waals surface area (Å²) in [6.45, 7) is 0.892. The molecule has 9 heteroatoms. The zero-order valence-corrected chi connectivity index (χ0v) is 14.8. The van der Waals surface area contributed by atoms with Gasteiger partial charge in [0.25, 0.3) is 0 Å². The SMILES string of the molecule is Cl.NC1(C(=O)NCCS(=O)(=O)c2ccc(Cl)cc2)CCOCC1. The van der Waals surface area contributed by atoms with Crippen molar-refractivity contribution in [3.63, 3.8) is 0 Å². The van der Waals surface area contributed by atoms with Crippen LogP contribution in [-0.4, -0.2) is 45.4 Å². The molecule has 0 aromatic heterocycles. The fraction of sp³-hybridized carbons (Fsp3) is 0.500. The molecule has 3 N–H and O–H groups in total. The molecule has 130 valence electrons. The number of nitrogens with one attached hydrogen (secondary N) is 1. The fourth-order valence-corrected chi connectivity index (χ4v) is 3.48. The zero-order valence-electron chi connectivity index (χ0n) is 12.5. The van der Waals surface area contributed by atoms with E-state index in [1.165, 1.54) is 24.3 Å². The van der Waals surface area contributed by atoms with E-state index in [9.17, 15) is 13.2 Å². The van der Waals surface area contributed by atoms with Crippen LogP contribution in [0, 0.1) is 0 Å². The monoisotopic (exact) mass is 382 g/mol. The Labute approximate surface area is 147 Å². The minimum atomic E-state index is -3.46. The molecule has 0 atom stereocenters. The zero-order chi connectivity index (χ0) is 16.2. The molecule has 1 fully saturated rings. The van der Waals surface area contributed by atoms with Crippen molar-refractivity contribution in [2.75, 3.05) is 25.5 Å². The molecule has 0 bridgehead atoms. The molecule has 1 aromatic carbocycles. The van der Waals surface area contributed by atoms with Crippen LogP contribution < -0.4 is 11.1 Å². The van der Waals surface area contributed by atoms with Gasteiger partial charge in [-0.05, 0) is 37.1 Å². The summed E-state index contributed by atoms with van der Waals surface area (Å²) in [5, 5.41) is 3.07. The fourth-order valence-electron chi connectivity index (χ4n) is 2.20. The van der Waals surface area contributed by atoms with E-state index in [0.29, 0.717) is 31.1 Å². The number of rotatable bonds is 5. The van der Waals surface area contributed by atoms with Crippen LogP contribution >= 0.6 is 24.0 Å². The number of sulfone groups is 1. The molecular weight excluding hydrogens is 363 g/mol. The largest absolute Gasteiger partial charge is 0.381 e. The molecule has 1 aromatic rings. The van der Waals surface area contributed by atoms with E-state index >= 15 is 0 Å². The lowest BCUT2D eigenvalue weighted by Crippen LogP contribution is -2.57. The third-order valence-corrected chi connectivity index (χ3v) is 5.65. The van der Waals surface area contributed by atoms with Crippen molar-refractivity contribution in [2.24, 2.45) is 5.73 Å². The molecule has 6 nitrogen and oxygen atoms in total. The van der Waals surface area contributed by atoms with Crippen LogP contribution in [0.5, 0.6) is 0 Å². The second-order valence-corrected chi connectivity index (χ2v) is 7.84. The van der Waals surface area contributed by atoms with Gasteiger partial charge in [0.1, 0.15) is 0 Å². The van der Waals surface area contributed by atoms with Crippen molar-refractivity contribution >= 4 is 39.8 Å². The number of ether oxygens (including phenoxy) is 1. The first-order chi connectivity index (χ1) is 10.3. The van der Waals surface area contributed by atoms with Gasteiger partial charge in [-0.15, -0.1) is 12.4 Å². The van der Waals surface area contributed by atoms with Gasteiger partial charge < -0.3 is 15.8 Å². The Balaban J connectivity index is 0.00000264. The molecule has 1 saturated heterocycles. The van der Waals surface area contributed by atoms with Crippen LogP contribution in [0.15, 0.2) is 29.2 Å². The first kappa shape index (κ1) is 20.2. The highest BCUT2D eigenvalue weighted by atomic mass is 35.5. The first-order valence-corrected chi connectivity index (χ1v) is 9.00. The molecular formula is C14H20Cl2N2O4S. The van der Waals surface area contributed by atoms with E-state index in [1.807, 2.05) is 0 Å². The molecule has 1 aliphatic heterocycles. The summed E-state index contributed by atoms with van der Waals surface area (Å²) in [6.07, 6.45) is 0.867. The number of nitrogens with two attached hydrogens (primary N) is 1. The molecule has 0 aliphatic carbocycles. The maximum atomic E-state index is 12.1. The highest BCUT2D eigenvalue weighted by Crippen LogP contribution is 2.18. The van der Waals surface area contributed by atoms with E-state index < -0.39 is 15.4 Å². The van der Waals surface area contributed by atoms with Crippen molar-refractivity contribution < 1.29 is 17.9 Å². The van der Waals surface area contributed by atoms with Crippen LogP contribution in [0.1, 0.15) is 12.8 Å². The first-order valence-electron chi connectivity index (χ1n) is 6.97. The Morgan fingerprint density at radius 1 is 1.26 bits per heavy atom. The van der Waals surface area contributed by atoms with Crippen molar-refractivity contribution in [2.45, 2.75) is 23.3 Å². The van der Waals surface area contributed by atoms with Gasteiger partial charge in [0.2, 0.25) is 5.91 Å². The molecule has 2 rings (SSSR count). The normalized spacial score (nSPS) is 17.1. The van der Waals surface area contributed by atoms with Gasteiger partial charge in [0.15, 0.2) is 9.84 Å². The standard InChI is InChI=1S/C14H19ClN2O4S.ClH/c15-11-1-3-12(4-2-11)22(19,20)10-7-17-13(18)14(16)5-8-21-9-6-14;/h1-4H,5-10,16H2,(H,17,18);1H. The Bertz CT molecular complexity index is 629. The summed E-state index contributed by atoms with van der Waals surface area (Å²) < 4.78 is 29.4. The lowest BCUT2D eigenvalue weighted by Gasteiger charge is -2.31. The topological polar surface area (TPSA) is 98.5 Å². The third kappa shape index (κ3) is 5.32. The molecule has 1 amide bonds. The van der Waals surface area contributed by atoms with E-state index in [-0.39, 0.29) is 35.5 Å². The predicted octanol–water partition coefficient (Wildman–Crippen LogP) is 1.16. The van der Waals surface area contributed by atoms with Crippen molar-refractivity contribution in [3.8, 4) is 0 Å². The van der Waals surface area contributed by atoms with Gasteiger partial charge in [-0.3, -0.25) is 4.79 Å². The van der Waals surface area contributed by atoms with Gasteiger partial charge in [0.05, 0.1) is 16.2 Å². The summed E-state index contributed by atoms with van der Waals surface area (Å²) in [7, 11) is -3.46. The van der Waals surface area contributed by atoms with Crippen LogP contribution in [0.2, 0.25) is 5.02 Å². The lowest BCUT2D eigenvalue weighted by molar-refractivity contribution is -0.129. The van der Waals surface area contributed by atoms with E-state index in [1.54, 1.807) is 0 Å². The molecule has 1 aliphatic rings. The number of carbonyl (C=O) groups excluding carboxylic acids is 1. The smallest absolute Gasteiger partial charge is 0.240 e. The number of halogens is 2. The summed E-state index contributed by atoms with van der Waals surface area (Å²) >= 11 is 5.73. The highest BCUT2D eigenvalue weighted by molar-refractivity contribution is 7.91. The van der Waals surface area contributed by atoms with E-state index in [4.69, 9.17) is 22.1 Å². The van der Waals surface area contributed by atoms with Gasteiger partial charge in [-0.2, -0.15) is 0 Å². The van der Waals surface area contributed by atoms with Crippen LogP contribution in [0.25, 0.3) is 0 Å². The average Bonchev–Trinajstić information content (AvgIpc) is 2.48. The van der Waals surface area contributed by atoms with Gasteiger partial charge in [0, 0.05) is 24.8 Å². The van der Waals surface area contributed by atoms with Gasteiger partial charge in [-0.25, -0.2) is 8.42 Å². The number of carbonyl (C=O) groups is 1. The number of hydrogen-bond acceptors (Lipinski definition) is 5. The number of hydrogen-bond donors (Lipinski definition) is 2. The molecule has 1 heterocycles. The van der Waals surface area contributed by atoms with Crippen LogP contribution in [-0.2, 0) is 19.4 Å². The summed E-state index contributed by atoms with van der Waals surface area (Å²) in [5.41, 5.74) is 5.05. The van der Waals surface area contributed by atoms with E-state index in [2.05, 4.69) is 5.32 Å². The van der Waals surface area contributed by atoms with E-state index in [0.717, 1.165) is 0 Å². The van der Waals surface area contributed by atoms with Crippen LogP contribution in [0.4, 0.5) is 0 Å². The van der Waals surface area contributed by atoms with Crippen LogP contribution in [0.3, 0.4) is 0 Å². The summed E-state index contributed by atoms with van der Waals surface area (Å²) in [5.74, 6) is -0.519. The Morgan fingerprint density at radius 3 is 2.39 bits per heavy atom. The predicted molar refractivity (Wildman–Crippen MR) is 90.7 cm³/mol. The highest BCUT2D eigenvalue weighted by Gasteiger charge is 2.35. The van der Waals surface area contributed by atoms with Gasteiger partial charge in [-0.1, -0.05) is 11.6 Å². The van der Waals surface area contributed by atoms with Crippen molar-refractivity contribution in [1.82, 2.24) is 5.32 Å².